The highest BCUT2D eigenvalue weighted by Gasteiger charge is 2.42. The molecule has 0 aliphatic heterocycles. The van der Waals surface area contributed by atoms with Gasteiger partial charge in [0, 0.05) is 17.9 Å². The number of carbonyl (C=O) groups excluding carboxylic acids is 1. The van der Waals surface area contributed by atoms with Gasteiger partial charge in [0.25, 0.3) is 0 Å². The number of hydrogen-bond acceptors (Lipinski definition) is 5. The van der Waals surface area contributed by atoms with Gasteiger partial charge < -0.3 is 9.05 Å². The van der Waals surface area contributed by atoms with Crippen molar-refractivity contribution in [2.24, 2.45) is 0 Å². The molecule has 2 aromatic carbocycles. The van der Waals surface area contributed by atoms with E-state index in [-0.39, 0.29) is 18.1 Å². The molecule has 0 radical (unpaired) electrons. The average molecular weight is 406 g/mol. The maximum Gasteiger partial charge on any atom is 0.344 e. The number of ketones is 1. The molecule has 2 aromatic rings. The van der Waals surface area contributed by atoms with Gasteiger partial charge in [-0.1, -0.05) is 60.7 Å². The first-order valence-electron chi connectivity index (χ1n) is 9.10. The molecule has 146 valence electrons. The van der Waals surface area contributed by atoms with Crippen LogP contribution >= 0.6 is 19.4 Å². The second-order valence-corrected chi connectivity index (χ2v) is 9.49. The summed E-state index contributed by atoms with van der Waals surface area (Å²) < 4.78 is 24.7. The van der Waals surface area contributed by atoms with Gasteiger partial charge in [-0.3, -0.25) is 9.36 Å². The van der Waals surface area contributed by atoms with Crippen LogP contribution in [0.2, 0.25) is 0 Å². The van der Waals surface area contributed by atoms with Gasteiger partial charge in [-0.2, -0.15) is 0 Å². The van der Waals surface area contributed by atoms with Gasteiger partial charge in [-0.25, -0.2) is 0 Å². The molecule has 0 saturated heterocycles. The van der Waals surface area contributed by atoms with Crippen molar-refractivity contribution in [1.82, 2.24) is 0 Å². The second kappa shape index (κ2) is 10.8. The zero-order valence-electron chi connectivity index (χ0n) is 16.0. The van der Waals surface area contributed by atoms with Crippen molar-refractivity contribution in [3.8, 4) is 0 Å². The summed E-state index contributed by atoms with van der Waals surface area (Å²) in [6.07, 6.45) is 2.13. The Labute approximate surface area is 166 Å². The maximum atomic E-state index is 13.5. The number of rotatable bonds is 11. The molecule has 0 saturated carbocycles. The SMILES string of the molecule is CCOP(=O)(OCC)C(SC)C(CC(=O)c1ccccc1)c1ccccc1. The standard InChI is InChI=1S/C21H27O4PS/c1-4-24-26(23,25-5-2)21(27-3)19(17-12-8-6-9-13-17)16-20(22)18-14-10-7-11-15-18/h6-15,19,21H,4-5,16H2,1-3H3. The molecule has 0 aliphatic rings. The van der Waals surface area contributed by atoms with Crippen LogP contribution < -0.4 is 0 Å². The Hall–Kier alpha value is -1.39. The van der Waals surface area contributed by atoms with E-state index in [4.69, 9.17) is 9.05 Å². The lowest BCUT2D eigenvalue weighted by Crippen LogP contribution is -2.22. The first-order chi connectivity index (χ1) is 13.1. The molecule has 2 rings (SSSR count). The van der Waals surface area contributed by atoms with Crippen LogP contribution in [0.1, 0.15) is 42.1 Å². The van der Waals surface area contributed by atoms with Gasteiger partial charge in [-0.15, -0.1) is 11.8 Å². The van der Waals surface area contributed by atoms with Crippen LogP contribution in [0, 0.1) is 0 Å². The minimum atomic E-state index is -3.39. The Kier molecular flexibility index (Phi) is 8.78. The lowest BCUT2D eigenvalue weighted by Gasteiger charge is -2.31. The molecule has 2 atom stereocenters. The number of thioether (sulfide) groups is 1. The van der Waals surface area contributed by atoms with Crippen LogP contribution in [-0.2, 0) is 13.6 Å². The molecule has 0 N–H and O–H groups in total. The van der Waals surface area contributed by atoms with Crippen LogP contribution in [0.3, 0.4) is 0 Å². The number of Topliss-reactive ketones (excluding diaryl/α,β-unsaturated/α-hetero) is 1. The Morgan fingerprint density at radius 2 is 1.48 bits per heavy atom. The van der Waals surface area contributed by atoms with Crippen molar-refractivity contribution in [1.29, 1.82) is 0 Å². The van der Waals surface area contributed by atoms with Gasteiger partial charge >= 0.3 is 7.60 Å². The van der Waals surface area contributed by atoms with Crippen molar-refractivity contribution in [3.63, 3.8) is 0 Å². The van der Waals surface area contributed by atoms with Crippen LogP contribution in [0.25, 0.3) is 0 Å². The first-order valence-corrected chi connectivity index (χ1v) is 12.0. The van der Waals surface area contributed by atoms with E-state index in [0.29, 0.717) is 18.8 Å². The van der Waals surface area contributed by atoms with Crippen LogP contribution in [0.5, 0.6) is 0 Å². The van der Waals surface area contributed by atoms with Crippen LogP contribution in [0.4, 0.5) is 0 Å². The Morgan fingerprint density at radius 1 is 0.963 bits per heavy atom. The summed E-state index contributed by atoms with van der Waals surface area (Å²) >= 11 is 1.43. The molecule has 0 aromatic heterocycles. The van der Waals surface area contributed by atoms with Crippen LogP contribution in [0.15, 0.2) is 60.7 Å². The quantitative estimate of drug-likeness (QED) is 0.338. The van der Waals surface area contributed by atoms with E-state index in [1.807, 2.05) is 66.9 Å². The maximum absolute atomic E-state index is 13.5. The zero-order valence-corrected chi connectivity index (χ0v) is 17.7. The second-order valence-electron chi connectivity index (χ2n) is 6.01. The lowest BCUT2D eigenvalue weighted by molar-refractivity contribution is 0.0974. The monoisotopic (exact) mass is 406 g/mol. The fraction of sp³-hybridized carbons (Fsp3) is 0.381. The summed E-state index contributed by atoms with van der Waals surface area (Å²) in [6, 6.07) is 18.9. The lowest BCUT2D eigenvalue weighted by atomic mass is 9.93. The van der Waals surface area contributed by atoms with Crippen LogP contribution in [-0.4, -0.2) is 30.2 Å². The molecular formula is C21H27O4PS. The minimum absolute atomic E-state index is 0.0167. The highest BCUT2D eigenvalue weighted by Crippen LogP contribution is 2.61. The van der Waals surface area contributed by atoms with E-state index in [9.17, 15) is 9.36 Å². The van der Waals surface area contributed by atoms with E-state index < -0.39 is 12.6 Å². The third-order valence-electron chi connectivity index (χ3n) is 4.24. The third-order valence-corrected chi connectivity index (χ3v) is 8.68. The van der Waals surface area contributed by atoms with Crippen molar-refractivity contribution in [3.05, 3.63) is 71.8 Å². The highest BCUT2D eigenvalue weighted by molar-refractivity contribution is 8.04. The van der Waals surface area contributed by atoms with Crippen molar-refractivity contribution >= 4 is 25.1 Å². The summed E-state index contributed by atoms with van der Waals surface area (Å²) in [7, 11) is -3.39. The summed E-state index contributed by atoms with van der Waals surface area (Å²) in [4.78, 5) is 12.4. The van der Waals surface area contributed by atoms with Crippen molar-refractivity contribution < 1.29 is 18.4 Å². The summed E-state index contributed by atoms with van der Waals surface area (Å²) in [5.74, 6) is -0.263. The molecule has 0 heterocycles. The van der Waals surface area contributed by atoms with Gasteiger partial charge in [0.2, 0.25) is 0 Å². The zero-order chi connectivity index (χ0) is 19.7. The number of hydrogen-bond donors (Lipinski definition) is 0. The number of benzene rings is 2. The molecule has 0 spiro atoms. The summed E-state index contributed by atoms with van der Waals surface area (Å²) in [5, 5.41) is 0. The number of carbonyl (C=O) groups is 1. The van der Waals surface area contributed by atoms with Gasteiger partial charge in [0.15, 0.2) is 5.78 Å². The van der Waals surface area contributed by atoms with E-state index in [2.05, 4.69) is 0 Å². The van der Waals surface area contributed by atoms with E-state index in [0.717, 1.165) is 5.56 Å². The predicted molar refractivity (Wildman–Crippen MR) is 113 cm³/mol. The summed E-state index contributed by atoms with van der Waals surface area (Å²) in [6.45, 7) is 4.19. The van der Waals surface area contributed by atoms with Gasteiger partial charge in [-0.05, 0) is 25.7 Å². The molecule has 0 aliphatic carbocycles. The van der Waals surface area contributed by atoms with Gasteiger partial charge in [0.1, 0.15) is 4.99 Å². The van der Waals surface area contributed by atoms with E-state index in [1.54, 1.807) is 13.8 Å². The first kappa shape index (κ1) is 21.9. The normalized spacial score (nSPS) is 13.9. The van der Waals surface area contributed by atoms with Crippen molar-refractivity contribution in [2.75, 3.05) is 19.5 Å². The van der Waals surface area contributed by atoms with E-state index in [1.165, 1.54) is 11.8 Å². The predicted octanol–water partition coefficient (Wildman–Crippen LogP) is 6.00. The molecule has 0 bridgehead atoms. The Balaban J connectivity index is 2.41. The molecule has 6 heteroatoms. The van der Waals surface area contributed by atoms with Crippen molar-refractivity contribution in [2.45, 2.75) is 31.2 Å². The molecule has 4 nitrogen and oxygen atoms in total. The average Bonchev–Trinajstić information content (AvgIpc) is 2.69. The van der Waals surface area contributed by atoms with Gasteiger partial charge in [0.05, 0.1) is 13.2 Å². The fourth-order valence-corrected chi connectivity index (χ4v) is 6.87. The smallest absolute Gasteiger partial charge is 0.308 e. The Morgan fingerprint density at radius 3 is 1.96 bits per heavy atom. The molecular weight excluding hydrogens is 379 g/mol. The summed E-state index contributed by atoms with van der Waals surface area (Å²) in [5.41, 5.74) is 1.61. The topological polar surface area (TPSA) is 52.6 Å². The minimum Gasteiger partial charge on any atom is -0.308 e. The van der Waals surface area contributed by atoms with E-state index >= 15 is 0 Å². The Bertz CT molecular complexity index is 741. The fourth-order valence-electron chi connectivity index (χ4n) is 3.08. The molecule has 0 fully saturated rings. The highest BCUT2D eigenvalue weighted by atomic mass is 32.2. The molecule has 27 heavy (non-hydrogen) atoms. The molecule has 0 amide bonds. The largest absolute Gasteiger partial charge is 0.344 e. The molecule has 2 unspecified atom stereocenters. The third kappa shape index (κ3) is 5.79.